The Hall–Kier alpha value is -3.14. The number of benzene rings is 1. The first kappa shape index (κ1) is 28.7. The van der Waals surface area contributed by atoms with Crippen molar-refractivity contribution in [2.45, 2.75) is 26.7 Å². The topological polar surface area (TPSA) is 63.6 Å². The minimum atomic E-state index is -0.981. The van der Waals surface area contributed by atoms with Crippen molar-refractivity contribution in [2.75, 3.05) is 6.61 Å². The summed E-state index contributed by atoms with van der Waals surface area (Å²) in [5, 5.41) is 7.60. The summed E-state index contributed by atoms with van der Waals surface area (Å²) in [5.74, 6) is -1.31. The van der Waals surface area contributed by atoms with Crippen LogP contribution in [0, 0.1) is 0 Å². The predicted octanol–water partition coefficient (Wildman–Crippen LogP) is 5.85. The van der Waals surface area contributed by atoms with Gasteiger partial charge in [-0.25, -0.2) is 9.59 Å². The molecule has 0 saturated heterocycles. The number of hydrogen-bond acceptors (Lipinski definition) is 3. The number of aliphatic carboxylic acids is 1. The van der Waals surface area contributed by atoms with Gasteiger partial charge in [0.1, 0.15) is 0 Å². The molecular formula is C23H32O4. The molecule has 0 atom stereocenters. The molecule has 1 N–H and O–H groups in total. The van der Waals surface area contributed by atoms with Gasteiger partial charge in [-0.1, -0.05) is 94.3 Å². The maximum Gasteiger partial charge on any atom is 0.330 e. The maximum absolute atomic E-state index is 10.3. The molecule has 0 fully saturated rings. The Balaban J connectivity index is -0.000000295. The standard InChI is InChI=1S/C8H8.C7H12O2.C5H8.C3H4O2/c1-2-8-6-4-3-5-7-8;1-3-5-6-9-7(8)4-2;1-4-5(2)3;1-2-3(4)5/h2-7H,1H2;4H,2-3,5-6H2,1H3;4H,1-2H2,3H3;2H,1H2,(H,4,5). The zero-order valence-corrected chi connectivity index (χ0v) is 16.5. The largest absolute Gasteiger partial charge is 0.478 e. The number of esters is 1. The van der Waals surface area contributed by atoms with Crippen molar-refractivity contribution in [2.24, 2.45) is 0 Å². The number of carbonyl (C=O) groups is 2. The van der Waals surface area contributed by atoms with E-state index < -0.39 is 5.97 Å². The molecule has 0 aromatic heterocycles. The number of unbranched alkanes of at least 4 members (excludes halogenated alkanes) is 1. The summed E-state index contributed by atoms with van der Waals surface area (Å²) in [5.41, 5.74) is 2.19. The molecule has 0 amide bonds. The summed E-state index contributed by atoms with van der Waals surface area (Å²) in [6, 6.07) is 10.0. The van der Waals surface area contributed by atoms with Crippen molar-refractivity contribution in [3.8, 4) is 0 Å². The van der Waals surface area contributed by atoms with Crippen molar-refractivity contribution in [3.05, 3.63) is 92.6 Å². The van der Waals surface area contributed by atoms with Crippen molar-refractivity contribution in [1.29, 1.82) is 0 Å². The minimum Gasteiger partial charge on any atom is -0.478 e. The monoisotopic (exact) mass is 372 g/mol. The Kier molecular flexibility index (Phi) is 24.3. The van der Waals surface area contributed by atoms with E-state index in [0.29, 0.717) is 6.61 Å². The number of carboxylic acids is 1. The van der Waals surface area contributed by atoms with Gasteiger partial charge in [0.2, 0.25) is 0 Å². The lowest BCUT2D eigenvalue weighted by Crippen LogP contribution is -2.00. The number of allylic oxidation sites excluding steroid dienone is 2. The zero-order chi connectivity index (χ0) is 21.5. The molecule has 4 nitrogen and oxygen atoms in total. The fourth-order valence-corrected chi connectivity index (χ4v) is 0.965. The highest BCUT2D eigenvalue weighted by Gasteiger charge is 1.91. The van der Waals surface area contributed by atoms with Crippen molar-refractivity contribution in [1.82, 2.24) is 0 Å². The number of carbonyl (C=O) groups excluding carboxylic acids is 1. The molecule has 0 unspecified atom stereocenters. The van der Waals surface area contributed by atoms with Crippen LogP contribution in [0.5, 0.6) is 0 Å². The van der Waals surface area contributed by atoms with E-state index in [9.17, 15) is 9.59 Å². The van der Waals surface area contributed by atoms with Gasteiger partial charge in [0, 0.05) is 12.2 Å². The molecule has 0 aliphatic carbocycles. The predicted molar refractivity (Wildman–Crippen MR) is 115 cm³/mol. The van der Waals surface area contributed by atoms with Gasteiger partial charge in [-0.05, 0) is 18.9 Å². The molecule has 1 aromatic rings. The second kappa shape index (κ2) is 22.9. The molecule has 0 spiro atoms. The van der Waals surface area contributed by atoms with Crippen LogP contribution in [0.1, 0.15) is 32.3 Å². The molecule has 1 aromatic carbocycles. The van der Waals surface area contributed by atoms with E-state index in [1.165, 1.54) is 11.6 Å². The normalized spacial score (nSPS) is 7.78. The number of ether oxygens (including phenoxy) is 1. The second-order valence-electron chi connectivity index (χ2n) is 4.93. The number of rotatable bonds is 7. The molecule has 1 rings (SSSR count). The Labute approximate surface area is 163 Å². The molecule has 4 heteroatoms. The van der Waals surface area contributed by atoms with E-state index >= 15 is 0 Å². The van der Waals surface area contributed by atoms with Gasteiger partial charge in [0.05, 0.1) is 6.61 Å². The molecular weight excluding hydrogens is 340 g/mol. The van der Waals surface area contributed by atoms with Gasteiger partial charge >= 0.3 is 11.9 Å². The SMILES string of the molecule is C=CC(=C)C.C=CC(=O)O.C=CC(=O)OCCCC.C=Cc1ccccc1. The molecule has 0 aliphatic heterocycles. The molecule has 0 bridgehead atoms. The minimum absolute atomic E-state index is 0.330. The van der Waals surface area contributed by atoms with E-state index in [-0.39, 0.29) is 5.97 Å². The van der Waals surface area contributed by atoms with E-state index in [1.54, 1.807) is 6.08 Å². The van der Waals surface area contributed by atoms with Crippen LogP contribution in [0.3, 0.4) is 0 Å². The third kappa shape index (κ3) is 31.2. The van der Waals surface area contributed by atoms with E-state index in [4.69, 9.17) is 5.11 Å². The molecule has 0 aliphatic rings. The van der Waals surface area contributed by atoms with E-state index in [0.717, 1.165) is 24.5 Å². The van der Waals surface area contributed by atoms with Gasteiger partial charge in [0.15, 0.2) is 0 Å². The Morgan fingerprint density at radius 2 is 1.52 bits per heavy atom. The van der Waals surface area contributed by atoms with Crippen LogP contribution in [0.2, 0.25) is 0 Å². The van der Waals surface area contributed by atoms with Crippen molar-refractivity contribution < 1.29 is 19.4 Å². The lowest BCUT2D eigenvalue weighted by Gasteiger charge is -1.97. The molecule has 27 heavy (non-hydrogen) atoms. The first-order chi connectivity index (χ1) is 12.8. The molecule has 148 valence electrons. The van der Waals surface area contributed by atoms with Crippen LogP contribution in [0.4, 0.5) is 0 Å². The zero-order valence-electron chi connectivity index (χ0n) is 16.5. The summed E-state index contributed by atoms with van der Waals surface area (Å²) >= 11 is 0. The van der Waals surface area contributed by atoms with Crippen LogP contribution in [-0.4, -0.2) is 23.7 Å². The molecule has 0 heterocycles. The van der Waals surface area contributed by atoms with Crippen LogP contribution < -0.4 is 0 Å². The molecule has 0 saturated carbocycles. The van der Waals surface area contributed by atoms with Crippen molar-refractivity contribution in [3.63, 3.8) is 0 Å². The summed E-state index contributed by atoms with van der Waals surface area (Å²) in [4.78, 5) is 19.6. The quantitative estimate of drug-likeness (QED) is 0.282. The lowest BCUT2D eigenvalue weighted by atomic mass is 10.2. The van der Waals surface area contributed by atoms with Gasteiger partial charge in [-0.2, -0.15) is 0 Å². The van der Waals surface area contributed by atoms with E-state index in [2.05, 4.69) is 37.6 Å². The summed E-state index contributed by atoms with van der Waals surface area (Å²) in [6.45, 7) is 21.3. The Morgan fingerprint density at radius 1 is 1.04 bits per heavy atom. The van der Waals surface area contributed by atoms with Crippen LogP contribution >= 0.6 is 0 Å². The second-order valence-corrected chi connectivity index (χ2v) is 4.93. The summed E-state index contributed by atoms with van der Waals surface area (Å²) in [7, 11) is 0. The number of hydrogen-bond donors (Lipinski definition) is 1. The Bertz CT molecular complexity index is 553. The van der Waals surface area contributed by atoms with E-state index in [1.807, 2.05) is 50.3 Å². The van der Waals surface area contributed by atoms with Crippen LogP contribution in [-0.2, 0) is 14.3 Å². The lowest BCUT2D eigenvalue weighted by molar-refractivity contribution is -0.137. The van der Waals surface area contributed by atoms with Gasteiger partial charge in [-0.15, -0.1) is 0 Å². The highest BCUT2D eigenvalue weighted by molar-refractivity contribution is 5.81. The Morgan fingerprint density at radius 3 is 1.78 bits per heavy atom. The number of carboxylic acid groups (broad SMARTS) is 1. The maximum atomic E-state index is 10.3. The molecule has 0 radical (unpaired) electrons. The van der Waals surface area contributed by atoms with Crippen molar-refractivity contribution >= 4 is 18.0 Å². The third-order valence-corrected chi connectivity index (χ3v) is 2.47. The fourth-order valence-electron chi connectivity index (χ4n) is 0.965. The van der Waals surface area contributed by atoms with Gasteiger partial charge < -0.3 is 9.84 Å². The van der Waals surface area contributed by atoms with Crippen LogP contribution in [0.15, 0.2) is 87.0 Å². The first-order valence-corrected chi connectivity index (χ1v) is 8.38. The highest BCUT2D eigenvalue weighted by Crippen LogP contribution is 1.97. The summed E-state index contributed by atoms with van der Waals surface area (Å²) in [6.07, 6.45) is 7.54. The third-order valence-electron chi connectivity index (χ3n) is 2.47. The average molecular weight is 373 g/mol. The van der Waals surface area contributed by atoms with Gasteiger partial charge in [-0.3, -0.25) is 0 Å². The van der Waals surface area contributed by atoms with Crippen LogP contribution in [0.25, 0.3) is 6.08 Å². The highest BCUT2D eigenvalue weighted by atomic mass is 16.5. The fraction of sp³-hybridized carbons (Fsp3) is 0.217. The summed E-state index contributed by atoms with van der Waals surface area (Å²) < 4.78 is 4.67. The van der Waals surface area contributed by atoms with Gasteiger partial charge in [0.25, 0.3) is 0 Å². The average Bonchev–Trinajstić information content (AvgIpc) is 2.69. The smallest absolute Gasteiger partial charge is 0.330 e. The first-order valence-electron chi connectivity index (χ1n) is 8.38.